The summed E-state index contributed by atoms with van der Waals surface area (Å²) in [5.74, 6) is 0. The molecule has 0 radical (unpaired) electrons. The zero-order chi connectivity index (χ0) is 15.5. The summed E-state index contributed by atoms with van der Waals surface area (Å²) < 4.78 is 0. The van der Waals surface area contributed by atoms with Crippen molar-refractivity contribution in [2.75, 3.05) is 19.8 Å². The first-order valence-corrected chi connectivity index (χ1v) is 7.67. The Kier molecular flexibility index (Phi) is 8.02. The summed E-state index contributed by atoms with van der Waals surface area (Å²) in [6, 6.07) is 10.1. The van der Waals surface area contributed by atoms with Gasteiger partial charge in [-0.25, -0.2) is 0 Å². The van der Waals surface area contributed by atoms with E-state index in [1.807, 2.05) is 49.1 Å². The number of hydrogen-bond donors (Lipinski definition) is 1. The van der Waals surface area contributed by atoms with Crippen LogP contribution < -0.4 is 5.32 Å². The Balaban J connectivity index is 0.00000106. The predicted molar refractivity (Wildman–Crippen MR) is 87.3 cm³/mol. The molecule has 1 heterocycles. The number of rotatable bonds is 7. The maximum Gasteiger partial charge on any atom is 0.210 e. The van der Waals surface area contributed by atoms with E-state index in [1.165, 1.54) is 11.3 Å². The molecule has 1 amide bonds. The van der Waals surface area contributed by atoms with Crippen LogP contribution in [0.4, 0.5) is 0 Å². The average Bonchev–Trinajstić information content (AvgIpc) is 2.95. The number of allylic oxidation sites excluding steroid dienone is 1. The van der Waals surface area contributed by atoms with Crippen molar-refractivity contribution < 1.29 is 4.79 Å². The summed E-state index contributed by atoms with van der Waals surface area (Å²) in [6.07, 6.45) is 4.05. The molecule has 0 fully saturated rings. The molecule has 1 aromatic rings. The highest BCUT2D eigenvalue weighted by Crippen LogP contribution is 2.06. The second-order valence-electron chi connectivity index (χ2n) is 4.87. The maximum absolute atomic E-state index is 11.1. The monoisotopic (exact) mass is 289 g/mol. The fourth-order valence-corrected chi connectivity index (χ4v) is 2.20. The van der Waals surface area contributed by atoms with Gasteiger partial charge in [0.1, 0.15) is 0 Å². The van der Waals surface area contributed by atoms with Gasteiger partial charge in [0, 0.05) is 31.5 Å². The molecule has 4 heteroatoms. The highest BCUT2D eigenvalue weighted by Gasteiger charge is 2.08. The van der Waals surface area contributed by atoms with Crippen LogP contribution in [0.5, 0.6) is 0 Å². The van der Waals surface area contributed by atoms with E-state index in [4.69, 9.17) is 0 Å². The molecule has 1 aliphatic rings. The minimum absolute atomic E-state index is 0.692. The molecular weight excluding hydrogens is 262 g/mol. The zero-order valence-corrected chi connectivity index (χ0v) is 13.4. The molecule has 21 heavy (non-hydrogen) atoms. The Morgan fingerprint density at radius 3 is 2.57 bits per heavy atom. The van der Waals surface area contributed by atoms with Gasteiger partial charge in [0.05, 0.1) is 6.67 Å². The number of carbonyl (C=O) groups excluding carboxylic acids is 1. The summed E-state index contributed by atoms with van der Waals surface area (Å²) >= 11 is 0. The number of nitrogens with one attached hydrogen (secondary N) is 1. The van der Waals surface area contributed by atoms with Gasteiger partial charge in [-0.1, -0.05) is 44.2 Å². The van der Waals surface area contributed by atoms with Gasteiger partial charge in [-0.2, -0.15) is 0 Å². The van der Waals surface area contributed by atoms with E-state index >= 15 is 0 Å². The van der Waals surface area contributed by atoms with Crippen LogP contribution in [0.2, 0.25) is 0 Å². The molecule has 1 aliphatic heterocycles. The van der Waals surface area contributed by atoms with Crippen LogP contribution in [0.3, 0.4) is 0 Å². The summed E-state index contributed by atoms with van der Waals surface area (Å²) in [5, 5.41) is 3.27. The lowest BCUT2D eigenvalue weighted by atomic mass is 10.2. The Bertz CT molecular complexity index is 431. The number of hydrogen-bond acceptors (Lipinski definition) is 3. The van der Waals surface area contributed by atoms with Crippen LogP contribution in [-0.2, 0) is 11.3 Å². The molecule has 0 atom stereocenters. The van der Waals surface area contributed by atoms with Crippen molar-refractivity contribution in [3.05, 3.63) is 47.8 Å². The molecule has 1 aromatic carbocycles. The van der Waals surface area contributed by atoms with E-state index in [0.717, 1.165) is 32.6 Å². The third kappa shape index (κ3) is 6.34. The molecule has 0 aliphatic carbocycles. The number of carbonyl (C=O) groups is 1. The molecule has 0 aromatic heterocycles. The van der Waals surface area contributed by atoms with Gasteiger partial charge in [0.25, 0.3) is 0 Å². The van der Waals surface area contributed by atoms with Crippen molar-refractivity contribution in [1.82, 2.24) is 15.1 Å². The molecule has 0 spiro atoms. The average molecular weight is 289 g/mol. The molecule has 4 nitrogen and oxygen atoms in total. The van der Waals surface area contributed by atoms with Gasteiger partial charge in [-0.05, 0) is 18.9 Å². The van der Waals surface area contributed by atoms with Crippen LogP contribution in [0.1, 0.15) is 32.8 Å². The van der Waals surface area contributed by atoms with Crippen LogP contribution in [0, 0.1) is 0 Å². The smallest absolute Gasteiger partial charge is 0.210 e. The first-order chi connectivity index (χ1) is 10.3. The Morgan fingerprint density at radius 1 is 1.29 bits per heavy atom. The summed E-state index contributed by atoms with van der Waals surface area (Å²) in [5.41, 5.74) is 2.38. The lowest BCUT2D eigenvalue weighted by molar-refractivity contribution is -0.118. The van der Waals surface area contributed by atoms with E-state index < -0.39 is 0 Å². The SMILES string of the molecule is CC.CC1=CN(CCCN(C=O)Cc2ccccc2)CN1. The van der Waals surface area contributed by atoms with Gasteiger partial charge in [0.15, 0.2) is 0 Å². The minimum atomic E-state index is 0.692. The van der Waals surface area contributed by atoms with Crippen molar-refractivity contribution >= 4 is 6.41 Å². The Hall–Kier alpha value is -1.97. The van der Waals surface area contributed by atoms with E-state index in [-0.39, 0.29) is 0 Å². The van der Waals surface area contributed by atoms with E-state index in [1.54, 1.807) is 0 Å². The van der Waals surface area contributed by atoms with Crippen LogP contribution in [0.15, 0.2) is 42.2 Å². The number of amides is 1. The molecular formula is C17H27N3O. The van der Waals surface area contributed by atoms with Crippen LogP contribution >= 0.6 is 0 Å². The standard InChI is InChI=1S/C15H21N3O.C2H6/c1-14-10-17(12-16-14)8-5-9-18(13-19)11-15-6-3-2-4-7-15;1-2/h2-4,6-7,10,13,16H,5,8-9,11-12H2,1H3;1-2H3. The second kappa shape index (κ2) is 9.86. The van der Waals surface area contributed by atoms with Crippen molar-refractivity contribution in [2.45, 2.75) is 33.7 Å². The lowest BCUT2D eigenvalue weighted by Crippen LogP contribution is -2.27. The van der Waals surface area contributed by atoms with Crippen molar-refractivity contribution in [3.8, 4) is 0 Å². The third-order valence-electron chi connectivity index (χ3n) is 3.21. The van der Waals surface area contributed by atoms with Gasteiger partial charge in [0.2, 0.25) is 6.41 Å². The third-order valence-corrected chi connectivity index (χ3v) is 3.21. The molecule has 116 valence electrons. The first kappa shape index (κ1) is 17.1. The van der Waals surface area contributed by atoms with Crippen molar-refractivity contribution in [3.63, 3.8) is 0 Å². The summed E-state index contributed by atoms with van der Waals surface area (Å²) in [6.45, 7) is 9.40. The summed E-state index contributed by atoms with van der Waals surface area (Å²) in [7, 11) is 0. The zero-order valence-electron chi connectivity index (χ0n) is 13.4. The maximum atomic E-state index is 11.1. The quantitative estimate of drug-likeness (QED) is 0.784. The minimum Gasteiger partial charge on any atom is -0.370 e. The molecule has 1 N–H and O–H groups in total. The highest BCUT2D eigenvalue weighted by molar-refractivity contribution is 5.47. The Morgan fingerprint density at radius 2 is 2.00 bits per heavy atom. The lowest BCUT2D eigenvalue weighted by Gasteiger charge is -2.20. The molecule has 0 unspecified atom stereocenters. The normalized spacial score (nSPS) is 12.9. The van der Waals surface area contributed by atoms with Gasteiger partial charge >= 0.3 is 0 Å². The molecule has 0 saturated carbocycles. The van der Waals surface area contributed by atoms with Crippen LogP contribution in [-0.4, -0.2) is 36.0 Å². The first-order valence-electron chi connectivity index (χ1n) is 7.67. The highest BCUT2D eigenvalue weighted by atomic mass is 16.1. The Labute approximate surface area is 128 Å². The molecule has 0 bridgehead atoms. The van der Waals surface area contributed by atoms with E-state index in [9.17, 15) is 4.79 Å². The molecule has 2 rings (SSSR count). The number of benzene rings is 1. The fraction of sp³-hybridized carbons (Fsp3) is 0.471. The molecule has 0 saturated heterocycles. The topological polar surface area (TPSA) is 35.6 Å². The van der Waals surface area contributed by atoms with Gasteiger partial charge < -0.3 is 15.1 Å². The van der Waals surface area contributed by atoms with E-state index in [0.29, 0.717) is 6.54 Å². The fourth-order valence-electron chi connectivity index (χ4n) is 2.20. The van der Waals surface area contributed by atoms with Crippen molar-refractivity contribution in [2.24, 2.45) is 0 Å². The van der Waals surface area contributed by atoms with Gasteiger partial charge in [-0.15, -0.1) is 0 Å². The van der Waals surface area contributed by atoms with Crippen molar-refractivity contribution in [1.29, 1.82) is 0 Å². The van der Waals surface area contributed by atoms with Gasteiger partial charge in [-0.3, -0.25) is 4.79 Å². The largest absolute Gasteiger partial charge is 0.370 e. The van der Waals surface area contributed by atoms with Crippen LogP contribution in [0.25, 0.3) is 0 Å². The number of nitrogens with zero attached hydrogens (tertiary/aromatic N) is 2. The van der Waals surface area contributed by atoms with E-state index in [2.05, 4.69) is 23.3 Å². The summed E-state index contributed by atoms with van der Waals surface area (Å²) in [4.78, 5) is 15.1. The predicted octanol–water partition coefficient (Wildman–Crippen LogP) is 2.79. The second-order valence-corrected chi connectivity index (χ2v) is 4.87.